The zero-order valence-electron chi connectivity index (χ0n) is 16.6. The third-order valence-electron chi connectivity index (χ3n) is 5.86. The summed E-state index contributed by atoms with van der Waals surface area (Å²) in [5.74, 6) is -2.76. The van der Waals surface area contributed by atoms with Gasteiger partial charge in [-0.1, -0.05) is 64.6 Å². The molecule has 2 aromatic carbocycles. The van der Waals surface area contributed by atoms with Crippen LogP contribution in [0.5, 0.6) is 0 Å². The van der Waals surface area contributed by atoms with Crippen LogP contribution in [0.25, 0.3) is 0 Å². The van der Waals surface area contributed by atoms with Gasteiger partial charge in [0.05, 0.1) is 22.4 Å². The van der Waals surface area contributed by atoms with Gasteiger partial charge in [0.1, 0.15) is 6.54 Å². The van der Waals surface area contributed by atoms with Gasteiger partial charge in [-0.2, -0.15) is 5.01 Å². The molecule has 0 unspecified atom stereocenters. The molecule has 3 amide bonds. The molecule has 6 nitrogen and oxygen atoms in total. The van der Waals surface area contributed by atoms with E-state index >= 15 is 0 Å². The summed E-state index contributed by atoms with van der Waals surface area (Å²) >= 11 is 9.53. The maximum Gasteiger partial charge on any atom is 0.274 e. The minimum atomic E-state index is -0.656. The molecular formula is C23H20BrClN2O4. The largest absolute Gasteiger partial charge is 0.292 e. The third kappa shape index (κ3) is 4.16. The Hall–Kier alpha value is -2.51. The Morgan fingerprint density at radius 1 is 0.968 bits per heavy atom. The van der Waals surface area contributed by atoms with Gasteiger partial charge in [0.2, 0.25) is 0 Å². The number of carbonyl (C=O) groups excluding carboxylic acids is 4. The highest BCUT2D eigenvalue weighted by molar-refractivity contribution is 9.10. The number of Topliss-reactive ketones (excluding diaryl/α,β-unsaturated/α-hetero) is 1. The SMILES string of the molecule is O=C(CN(C(=O)c1ccccc1Cl)N1C(=O)[C@@H]2CCCC[C@H]2C1=O)c1ccc(Br)cc1. The van der Waals surface area contributed by atoms with E-state index in [1.54, 1.807) is 42.5 Å². The number of amides is 3. The summed E-state index contributed by atoms with van der Waals surface area (Å²) in [5, 5.41) is 2.04. The van der Waals surface area contributed by atoms with Crippen LogP contribution >= 0.6 is 27.5 Å². The summed E-state index contributed by atoms with van der Waals surface area (Å²) in [5.41, 5.74) is 0.500. The minimum absolute atomic E-state index is 0.128. The van der Waals surface area contributed by atoms with Gasteiger partial charge >= 0.3 is 0 Å². The second-order valence-electron chi connectivity index (χ2n) is 7.76. The molecule has 1 aliphatic heterocycles. The van der Waals surface area contributed by atoms with Crippen LogP contribution in [-0.2, 0) is 9.59 Å². The van der Waals surface area contributed by atoms with Crippen molar-refractivity contribution in [3.8, 4) is 0 Å². The highest BCUT2D eigenvalue weighted by Gasteiger charge is 2.51. The van der Waals surface area contributed by atoms with Crippen molar-refractivity contribution in [2.24, 2.45) is 11.8 Å². The molecule has 0 bridgehead atoms. The van der Waals surface area contributed by atoms with E-state index < -0.39 is 36.1 Å². The van der Waals surface area contributed by atoms with E-state index in [1.807, 2.05) is 0 Å². The smallest absolute Gasteiger partial charge is 0.274 e. The van der Waals surface area contributed by atoms with Gasteiger partial charge in [0, 0.05) is 10.0 Å². The van der Waals surface area contributed by atoms with Crippen molar-refractivity contribution in [3.63, 3.8) is 0 Å². The fraction of sp³-hybridized carbons (Fsp3) is 0.304. The van der Waals surface area contributed by atoms with Gasteiger partial charge in [-0.15, -0.1) is 0 Å². The van der Waals surface area contributed by atoms with E-state index in [2.05, 4.69) is 15.9 Å². The van der Waals surface area contributed by atoms with Crippen molar-refractivity contribution in [1.29, 1.82) is 0 Å². The number of halogens is 2. The normalized spacial score (nSPS) is 20.5. The molecule has 0 radical (unpaired) electrons. The highest BCUT2D eigenvalue weighted by Crippen LogP contribution is 2.39. The maximum atomic E-state index is 13.4. The van der Waals surface area contributed by atoms with Crippen LogP contribution in [0, 0.1) is 11.8 Å². The predicted molar refractivity (Wildman–Crippen MR) is 118 cm³/mol. The zero-order valence-corrected chi connectivity index (χ0v) is 18.9. The summed E-state index contributed by atoms with van der Waals surface area (Å²) in [4.78, 5) is 52.7. The van der Waals surface area contributed by atoms with Crippen molar-refractivity contribution < 1.29 is 19.2 Å². The maximum absolute atomic E-state index is 13.4. The second-order valence-corrected chi connectivity index (χ2v) is 9.08. The molecule has 2 fully saturated rings. The van der Waals surface area contributed by atoms with Gasteiger partial charge in [-0.05, 0) is 37.1 Å². The quantitative estimate of drug-likeness (QED) is 0.444. The summed E-state index contributed by atoms with van der Waals surface area (Å²) in [6, 6.07) is 13.1. The molecule has 2 aromatic rings. The highest BCUT2D eigenvalue weighted by atomic mass is 79.9. The van der Waals surface area contributed by atoms with Crippen molar-refractivity contribution in [2.45, 2.75) is 25.7 Å². The molecule has 4 rings (SSSR count). The number of fused-ring (bicyclic) bond motifs is 1. The van der Waals surface area contributed by atoms with Gasteiger partial charge in [0.25, 0.3) is 17.7 Å². The molecule has 31 heavy (non-hydrogen) atoms. The molecule has 1 saturated heterocycles. The lowest BCUT2D eigenvalue weighted by Gasteiger charge is -2.30. The third-order valence-corrected chi connectivity index (χ3v) is 6.72. The molecule has 1 aliphatic carbocycles. The Morgan fingerprint density at radius 3 is 2.13 bits per heavy atom. The van der Waals surface area contributed by atoms with Crippen LogP contribution in [-0.4, -0.2) is 40.1 Å². The molecule has 0 spiro atoms. The molecule has 2 aliphatic rings. The molecular weight excluding hydrogens is 484 g/mol. The summed E-state index contributed by atoms with van der Waals surface area (Å²) in [6.07, 6.45) is 2.95. The van der Waals surface area contributed by atoms with Crippen LogP contribution in [0.2, 0.25) is 5.02 Å². The number of imide groups is 1. The molecule has 160 valence electrons. The molecule has 0 N–H and O–H groups in total. The Morgan fingerprint density at radius 2 is 1.55 bits per heavy atom. The lowest BCUT2D eigenvalue weighted by molar-refractivity contribution is -0.154. The van der Waals surface area contributed by atoms with Crippen LogP contribution in [0.3, 0.4) is 0 Å². The van der Waals surface area contributed by atoms with Gasteiger partial charge in [0.15, 0.2) is 5.78 Å². The van der Waals surface area contributed by atoms with Gasteiger partial charge < -0.3 is 0 Å². The topological polar surface area (TPSA) is 74.8 Å². The number of hydrogen-bond donors (Lipinski definition) is 0. The number of hydrazine groups is 1. The molecule has 1 heterocycles. The monoisotopic (exact) mass is 502 g/mol. The number of hydrogen-bond acceptors (Lipinski definition) is 4. The molecule has 8 heteroatoms. The predicted octanol–water partition coefficient (Wildman–Crippen LogP) is 4.52. The lowest BCUT2D eigenvalue weighted by atomic mass is 9.81. The van der Waals surface area contributed by atoms with Gasteiger partial charge in [-0.25, -0.2) is 5.01 Å². The van der Waals surface area contributed by atoms with E-state index in [0.29, 0.717) is 18.4 Å². The van der Waals surface area contributed by atoms with Crippen molar-refractivity contribution >= 4 is 51.0 Å². The fourth-order valence-electron chi connectivity index (χ4n) is 4.25. The molecule has 0 aromatic heterocycles. The first-order valence-electron chi connectivity index (χ1n) is 10.1. The van der Waals surface area contributed by atoms with E-state index in [-0.39, 0.29) is 16.4 Å². The van der Waals surface area contributed by atoms with Crippen molar-refractivity contribution in [1.82, 2.24) is 10.0 Å². The lowest BCUT2D eigenvalue weighted by Crippen LogP contribution is -2.52. The number of benzene rings is 2. The number of ketones is 1. The summed E-state index contributed by atoms with van der Waals surface area (Å²) < 4.78 is 0.807. The average Bonchev–Trinajstić information content (AvgIpc) is 3.03. The first-order chi connectivity index (χ1) is 14.9. The van der Waals surface area contributed by atoms with E-state index in [1.165, 1.54) is 6.07 Å². The summed E-state index contributed by atoms with van der Waals surface area (Å²) in [7, 11) is 0. The van der Waals surface area contributed by atoms with Crippen LogP contribution < -0.4 is 0 Å². The number of rotatable bonds is 5. The standard InChI is InChI=1S/C23H20BrClN2O4/c24-15-11-9-14(10-12-15)20(28)13-26(21(29)18-7-3-4-8-19(18)25)27-22(30)16-5-1-2-6-17(16)23(27)31/h3-4,7-12,16-17H,1-2,5-6,13H2/t16-,17-/m1/s1. The first-order valence-corrected chi connectivity index (χ1v) is 11.3. The van der Waals surface area contributed by atoms with Crippen molar-refractivity contribution in [3.05, 3.63) is 69.2 Å². The Balaban J connectivity index is 1.70. The first kappa shape index (κ1) is 21.7. The van der Waals surface area contributed by atoms with E-state index in [0.717, 1.165) is 27.3 Å². The van der Waals surface area contributed by atoms with Crippen molar-refractivity contribution in [2.75, 3.05) is 6.54 Å². The van der Waals surface area contributed by atoms with Crippen LogP contribution in [0.1, 0.15) is 46.4 Å². The minimum Gasteiger partial charge on any atom is -0.292 e. The Labute approximate surface area is 193 Å². The number of carbonyl (C=O) groups is 4. The van der Waals surface area contributed by atoms with E-state index in [9.17, 15) is 19.2 Å². The van der Waals surface area contributed by atoms with Crippen LogP contribution in [0.15, 0.2) is 53.0 Å². The summed E-state index contributed by atoms with van der Waals surface area (Å²) in [6.45, 7) is -0.442. The fourth-order valence-corrected chi connectivity index (χ4v) is 4.73. The molecule has 1 saturated carbocycles. The van der Waals surface area contributed by atoms with E-state index in [4.69, 9.17) is 11.6 Å². The van der Waals surface area contributed by atoms with Crippen LogP contribution in [0.4, 0.5) is 0 Å². The Bertz CT molecular complexity index is 1030. The Kier molecular flexibility index (Phi) is 6.25. The second kappa shape index (κ2) is 8.93. The number of nitrogens with zero attached hydrogens (tertiary/aromatic N) is 2. The van der Waals surface area contributed by atoms with Gasteiger partial charge in [-0.3, -0.25) is 19.2 Å². The average molecular weight is 504 g/mol. The molecule has 2 atom stereocenters. The zero-order chi connectivity index (χ0) is 22.1.